The molecule has 0 spiro atoms. The fourth-order valence-electron chi connectivity index (χ4n) is 3.10. The van der Waals surface area contributed by atoms with E-state index in [0.29, 0.717) is 17.9 Å². The molecule has 3 amide bonds. The van der Waals surface area contributed by atoms with Gasteiger partial charge in [0.2, 0.25) is 5.91 Å². The molecule has 0 aliphatic carbocycles. The Balaban J connectivity index is 1.55. The van der Waals surface area contributed by atoms with Crippen molar-refractivity contribution in [1.82, 2.24) is 10.6 Å². The maximum atomic E-state index is 12.5. The van der Waals surface area contributed by atoms with Crippen LogP contribution >= 0.6 is 0 Å². The van der Waals surface area contributed by atoms with Crippen molar-refractivity contribution in [2.24, 2.45) is 0 Å². The molecule has 0 radical (unpaired) electrons. The SMILES string of the molecule is CCOC(=O)c1ccc(NC(=O)NCC(=O)NC(c2ccccc2)c2ccccc2)cc1. The van der Waals surface area contributed by atoms with E-state index >= 15 is 0 Å². The highest BCUT2D eigenvalue weighted by Gasteiger charge is 2.17. The molecule has 3 N–H and O–H groups in total. The van der Waals surface area contributed by atoms with Crippen LogP contribution in [0.5, 0.6) is 0 Å². The normalized spacial score (nSPS) is 10.3. The fraction of sp³-hybridized carbons (Fsp3) is 0.160. The summed E-state index contributed by atoms with van der Waals surface area (Å²) >= 11 is 0. The number of nitrogens with one attached hydrogen (secondary N) is 3. The van der Waals surface area contributed by atoms with Gasteiger partial charge in [-0.2, -0.15) is 0 Å². The zero-order chi connectivity index (χ0) is 22.8. The first-order valence-electron chi connectivity index (χ1n) is 10.3. The van der Waals surface area contributed by atoms with Crippen LogP contribution in [0, 0.1) is 0 Å². The Hall–Kier alpha value is -4.13. The lowest BCUT2D eigenvalue weighted by molar-refractivity contribution is -0.120. The summed E-state index contributed by atoms with van der Waals surface area (Å²) in [5, 5.41) is 8.14. The third kappa shape index (κ3) is 6.43. The molecule has 164 valence electrons. The van der Waals surface area contributed by atoms with E-state index in [4.69, 9.17) is 4.74 Å². The smallest absolute Gasteiger partial charge is 0.338 e. The van der Waals surface area contributed by atoms with Crippen LogP contribution in [-0.2, 0) is 9.53 Å². The summed E-state index contributed by atoms with van der Waals surface area (Å²) in [6.07, 6.45) is 0. The monoisotopic (exact) mass is 431 g/mol. The highest BCUT2D eigenvalue weighted by Crippen LogP contribution is 2.21. The van der Waals surface area contributed by atoms with Gasteiger partial charge in [-0.1, -0.05) is 60.7 Å². The second-order valence-electron chi connectivity index (χ2n) is 6.93. The second-order valence-corrected chi connectivity index (χ2v) is 6.93. The fourth-order valence-corrected chi connectivity index (χ4v) is 3.10. The number of anilines is 1. The van der Waals surface area contributed by atoms with Gasteiger partial charge in [0.15, 0.2) is 0 Å². The molecule has 3 aromatic carbocycles. The first kappa shape index (κ1) is 22.6. The Morgan fingerprint density at radius 3 is 1.91 bits per heavy atom. The maximum Gasteiger partial charge on any atom is 0.338 e. The number of esters is 1. The Bertz CT molecular complexity index is 998. The maximum absolute atomic E-state index is 12.5. The first-order chi connectivity index (χ1) is 15.6. The van der Waals surface area contributed by atoms with Gasteiger partial charge in [-0.05, 0) is 42.3 Å². The molecule has 0 fully saturated rings. The van der Waals surface area contributed by atoms with Crippen molar-refractivity contribution in [1.29, 1.82) is 0 Å². The zero-order valence-electron chi connectivity index (χ0n) is 17.7. The van der Waals surface area contributed by atoms with E-state index < -0.39 is 12.0 Å². The summed E-state index contributed by atoms with van der Waals surface area (Å²) in [5.74, 6) is -0.748. The average molecular weight is 431 g/mol. The Labute approximate surface area is 186 Å². The van der Waals surface area contributed by atoms with E-state index in [1.54, 1.807) is 31.2 Å². The van der Waals surface area contributed by atoms with Gasteiger partial charge in [-0.25, -0.2) is 9.59 Å². The van der Waals surface area contributed by atoms with Crippen molar-refractivity contribution in [2.45, 2.75) is 13.0 Å². The van der Waals surface area contributed by atoms with Crippen LogP contribution in [0.1, 0.15) is 34.5 Å². The molecule has 0 aliphatic rings. The van der Waals surface area contributed by atoms with Crippen LogP contribution in [-0.4, -0.2) is 31.1 Å². The molecule has 0 atom stereocenters. The molecular weight excluding hydrogens is 406 g/mol. The standard InChI is InChI=1S/C25H25N3O4/c1-2-32-24(30)20-13-15-21(16-14-20)27-25(31)26-17-22(29)28-23(18-9-5-3-6-10-18)19-11-7-4-8-12-19/h3-16,23H,2,17H2,1H3,(H,28,29)(H2,26,27,31). The number of ether oxygens (including phenoxy) is 1. The number of urea groups is 1. The zero-order valence-corrected chi connectivity index (χ0v) is 17.7. The van der Waals surface area contributed by atoms with Crippen LogP contribution in [0.15, 0.2) is 84.9 Å². The van der Waals surface area contributed by atoms with Crippen LogP contribution < -0.4 is 16.0 Å². The van der Waals surface area contributed by atoms with Gasteiger partial charge in [0, 0.05) is 5.69 Å². The Kier molecular flexibility index (Phi) is 7.97. The van der Waals surface area contributed by atoms with Gasteiger partial charge in [0.1, 0.15) is 0 Å². The molecule has 7 heteroatoms. The van der Waals surface area contributed by atoms with Crippen LogP contribution in [0.25, 0.3) is 0 Å². The minimum Gasteiger partial charge on any atom is -0.462 e. The number of hydrogen-bond donors (Lipinski definition) is 3. The minimum atomic E-state index is -0.528. The lowest BCUT2D eigenvalue weighted by atomic mass is 9.99. The highest BCUT2D eigenvalue weighted by atomic mass is 16.5. The summed E-state index contributed by atoms with van der Waals surface area (Å²) in [7, 11) is 0. The quantitative estimate of drug-likeness (QED) is 0.472. The number of amides is 3. The van der Waals surface area contributed by atoms with E-state index in [2.05, 4.69) is 16.0 Å². The van der Waals surface area contributed by atoms with E-state index in [1.165, 1.54) is 0 Å². The topological polar surface area (TPSA) is 96.5 Å². The van der Waals surface area contributed by atoms with Crippen LogP contribution in [0.2, 0.25) is 0 Å². The molecule has 7 nitrogen and oxygen atoms in total. The lowest BCUT2D eigenvalue weighted by Crippen LogP contribution is -2.40. The van der Waals surface area contributed by atoms with Crippen molar-refractivity contribution < 1.29 is 19.1 Å². The predicted molar refractivity (Wildman–Crippen MR) is 122 cm³/mol. The molecule has 0 unspecified atom stereocenters. The summed E-state index contributed by atoms with van der Waals surface area (Å²) in [5.41, 5.74) is 2.77. The molecule has 0 saturated heterocycles. The van der Waals surface area contributed by atoms with Crippen molar-refractivity contribution in [3.8, 4) is 0 Å². The number of carbonyl (C=O) groups is 3. The molecule has 3 aromatic rings. The van der Waals surface area contributed by atoms with Gasteiger partial charge in [0.25, 0.3) is 0 Å². The van der Waals surface area contributed by atoms with Crippen molar-refractivity contribution >= 4 is 23.6 Å². The summed E-state index contributed by atoms with van der Waals surface area (Å²) in [6.45, 7) is 1.83. The Morgan fingerprint density at radius 2 is 1.38 bits per heavy atom. The molecule has 0 saturated carbocycles. The molecule has 0 bridgehead atoms. The van der Waals surface area contributed by atoms with Gasteiger partial charge < -0.3 is 20.7 Å². The number of benzene rings is 3. The van der Waals surface area contributed by atoms with Crippen LogP contribution in [0.4, 0.5) is 10.5 Å². The van der Waals surface area contributed by atoms with E-state index in [9.17, 15) is 14.4 Å². The molecule has 0 aliphatic heterocycles. The van der Waals surface area contributed by atoms with Crippen molar-refractivity contribution in [3.05, 3.63) is 102 Å². The Morgan fingerprint density at radius 1 is 0.812 bits per heavy atom. The predicted octanol–water partition coefficient (Wildman–Crippen LogP) is 3.89. The second kappa shape index (κ2) is 11.3. The molecular formula is C25H25N3O4. The minimum absolute atomic E-state index is 0.192. The number of hydrogen-bond acceptors (Lipinski definition) is 4. The molecule has 0 heterocycles. The van der Waals surface area contributed by atoms with E-state index in [-0.39, 0.29) is 18.5 Å². The number of rotatable bonds is 8. The molecule has 3 rings (SSSR count). The van der Waals surface area contributed by atoms with Crippen molar-refractivity contribution in [3.63, 3.8) is 0 Å². The number of carbonyl (C=O) groups excluding carboxylic acids is 3. The molecule has 32 heavy (non-hydrogen) atoms. The third-order valence-corrected chi connectivity index (χ3v) is 4.63. The first-order valence-corrected chi connectivity index (χ1v) is 10.3. The average Bonchev–Trinajstić information content (AvgIpc) is 2.83. The summed E-state index contributed by atoms with van der Waals surface area (Å²) in [4.78, 5) is 36.4. The molecule has 0 aromatic heterocycles. The van der Waals surface area contributed by atoms with Gasteiger partial charge >= 0.3 is 12.0 Å². The lowest BCUT2D eigenvalue weighted by Gasteiger charge is -2.20. The highest BCUT2D eigenvalue weighted by molar-refractivity contribution is 5.94. The van der Waals surface area contributed by atoms with Gasteiger partial charge in [-0.3, -0.25) is 4.79 Å². The largest absolute Gasteiger partial charge is 0.462 e. The summed E-state index contributed by atoms with van der Waals surface area (Å²) in [6, 6.07) is 24.7. The van der Waals surface area contributed by atoms with Crippen molar-refractivity contribution in [2.75, 3.05) is 18.5 Å². The summed E-state index contributed by atoms with van der Waals surface area (Å²) < 4.78 is 4.93. The van der Waals surface area contributed by atoms with Gasteiger partial charge in [0.05, 0.1) is 24.8 Å². The van der Waals surface area contributed by atoms with Crippen LogP contribution in [0.3, 0.4) is 0 Å². The van der Waals surface area contributed by atoms with Gasteiger partial charge in [-0.15, -0.1) is 0 Å². The van der Waals surface area contributed by atoms with E-state index in [1.807, 2.05) is 60.7 Å². The van der Waals surface area contributed by atoms with E-state index in [0.717, 1.165) is 11.1 Å². The third-order valence-electron chi connectivity index (χ3n) is 4.63.